The van der Waals surface area contributed by atoms with Gasteiger partial charge in [0, 0.05) is 9.82 Å². The van der Waals surface area contributed by atoms with Crippen LogP contribution in [0.5, 0.6) is 0 Å². The van der Waals surface area contributed by atoms with Gasteiger partial charge in [-0.15, -0.1) is 0 Å². The van der Waals surface area contributed by atoms with E-state index in [1.807, 2.05) is 0 Å². The third-order valence-corrected chi connectivity index (χ3v) is 2.18. The van der Waals surface area contributed by atoms with Gasteiger partial charge in [0.2, 0.25) is 0 Å². The molecule has 88 valence electrons. The van der Waals surface area contributed by atoms with Crippen LogP contribution in [0.25, 0.3) is 20.9 Å². The van der Waals surface area contributed by atoms with Crippen molar-refractivity contribution in [2.45, 2.75) is 30.6 Å². The van der Waals surface area contributed by atoms with Crippen LogP contribution in [-0.2, 0) is 4.74 Å². The molecule has 1 rings (SSSR count). The lowest BCUT2D eigenvalue weighted by atomic mass is 9.98. The lowest BCUT2D eigenvalue weighted by Gasteiger charge is -2.38. The molecule has 10 nitrogen and oxygen atoms in total. The molecule has 0 aliphatic carbocycles. The number of hydrogen-bond acceptors (Lipinski definition) is 6. The minimum atomic E-state index is -1.52. The molecule has 0 spiro atoms. The highest BCUT2D eigenvalue weighted by Crippen LogP contribution is 2.22. The van der Waals surface area contributed by atoms with Crippen molar-refractivity contribution in [2.24, 2.45) is 10.2 Å². The van der Waals surface area contributed by atoms with Gasteiger partial charge in [-0.25, -0.2) is 0 Å². The van der Waals surface area contributed by atoms with Gasteiger partial charge in [0.05, 0.1) is 12.6 Å². The Hall–Kier alpha value is -1.54. The van der Waals surface area contributed by atoms with Gasteiger partial charge >= 0.3 is 0 Å². The third kappa shape index (κ3) is 2.52. The quantitative estimate of drug-likeness (QED) is 0.335. The van der Waals surface area contributed by atoms with E-state index in [0.717, 1.165) is 0 Å². The molecule has 0 radical (unpaired) electrons. The van der Waals surface area contributed by atoms with Gasteiger partial charge in [-0.3, -0.25) is 0 Å². The number of nitrogens with zero attached hydrogens (tertiary/aromatic N) is 6. The Morgan fingerprint density at radius 3 is 2.31 bits per heavy atom. The van der Waals surface area contributed by atoms with Gasteiger partial charge in [0.1, 0.15) is 18.3 Å². The van der Waals surface area contributed by atoms with Crippen molar-refractivity contribution in [2.75, 3.05) is 6.54 Å². The second-order valence-electron chi connectivity index (χ2n) is 3.16. The molecular weight excluding hydrogens is 220 g/mol. The van der Waals surface area contributed by atoms with Crippen LogP contribution in [-0.4, -0.2) is 52.5 Å². The van der Waals surface area contributed by atoms with Gasteiger partial charge in [0.15, 0.2) is 6.23 Å². The van der Waals surface area contributed by atoms with Crippen LogP contribution in [0, 0.1) is 0 Å². The molecule has 0 bridgehead atoms. The monoisotopic (exact) mass is 230 g/mol. The maximum atomic E-state index is 9.47. The summed E-state index contributed by atoms with van der Waals surface area (Å²) in [7, 11) is 0. The van der Waals surface area contributed by atoms with Crippen LogP contribution < -0.4 is 0 Å². The van der Waals surface area contributed by atoms with Crippen molar-refractivity contribution in [3.63, 3.8) is 0 Å². The molecule has 1 heterocycles. The van der Waals surface area contributed by atoms with E-state index >= 15 is 0 Å². The molecule has 1 aliphatic heterocycles. The first-order valence-electron chi connectivity index (χ1n) is 4.36. The average Bonchev–Trinajstić information content (AvgIpc) is 2.28. The third-order valence-electron chi connectivity index (χ3n) is 2.18. The molecule has 0 aromatic rings. The molecular formula is C6H10N6O4. The average molecular weight is 230 g/mol. The minimum absolute atomic E-state index is 0.237. The standard InChI is InChI=1S/C6H10N6O4/c7-11-9-1-2-3(13)4(14)5(15)6(16-2)10-12-8/h2-6,13-15H,1H2/t2-,3-,4+,5-,6-/m1/s1. The fourth-order valence-corrected chi connectivity index (χ4v) is 1.35. The SMILES string of the molecule is [N-]=[N+]=NC[C@H]1O[C@@H](N=[N+]=[N-])[C@H](O)[C@@H](O)[C@@H]1O. The van der Waals surface area contributed by atoms with Crippen molar-refractivity contribution < 1.29 is 20.1 Å². The number of aliphatic hydroxyl groups excluding tert-OH is 3. The Balaban J connectivity index is 2.79. The molecule has 1 saturated heterocycles. The van der Waals surface area contributed by atoms with Gasteiger partial charge in [0.25, 0.3) is 0 Å². The first-order valence-corrected chi connectivity index (χ1v) is 4.36. The highest BCUT2D eigenvalue weighted by molar-refractivity contribution is 4.92. The lowest BCUT2D eigenvalue weighted by molar-refractivity contribution is -0.216. The molecule has 0 amide bonds. The predicted molar refractivity (Wildman–Crippen MR) is 49.8 cm³/mol. The molecule has 0 aromatic heterocycles. The summed E-state index contributed by atoms with van der Waals surface area (Å²) in [5, 5.41) is 34.5. The van der Waals surface area contributed by atoms with Crippen LogP contribution in [0.3, 0.4) is 0 Å². The van der Waals surface area contributed by atoms with E-state index in [1.165, 1.54) is 0 Å². The van der Waals surface area contributed by atoms with Crippen LogP contribution in [0.1, 0.15) is 0 Å². The first-order chi connectivity index (χ1) is 7.61. The van der Waals surface area contributed by atoms with Gasteiger partial charge in [-0.1, -0.05) is 10.2 Å². The molecule has 10 heteroatoms. The predicted octanol–water partition coefficient (Wildman–Crippen LogP) is -0.585. The van der Waals surface area contributed by atoms with Crippen LogP contribution in [0.15, 0.2) is 10.2 Å². The zero-order valence-corrected chi connectivity index (χ0v) is 8.03. The summed E-state index contributed by atoms with van der Waals surface area (Å²) >= 11 is 0. The minimum Gasteiger partial charge on any atom is -0.388 e. The zero-order valence-electron chi connectivity index (χ0n) is 8.03. The Kier molecular flexibility index (Phi) is 4.32. The second kappa shape index (κ2) is 5.52. The molecule has 1 fully saturated rings. The number of rotatable bonds is 3. The zero-order chi connectivity index (χ0) is 12.1. The summed E-state index contributed by atoms with van der Waals surface area (Å²) in [6.07, 6.45) is -6.80. The second-order valence-corrected chi connectivity index (χ2v) is 3.16. The molecule has 0 aromatic carbocycles. The Bertz CT molecular complexity index is 336. The number of hydrogen-bond donors (Lipinski definition) is 3. The highest BCUT2D eigenvalue weighted by Gasteiger charge is 2.42. The maximum Gasteiger partial charge on any atom is 0.165 e. The van der Waals surface area contributed by atoms with Crippen LogP contribution >= 0.6 is 0 Å². The van der Waals surface area contributed by atoms with E-state index < -0.39 is 30.6 Å². The Labute approximate surface area is 89.3 Å². The van der Waals surface area contributed by atoms with Crippen molar-refractivity contribution in [3.8, 4) is 0 Å². The number of ether oxygens (including phenoxy) is 1. The molecule has 5 atom stereocenters. The smallest absolute Gasteiger partial charge is 0.165 e. The van der Waals surface area contributed by atoms with E-state index in [2.05, 4.69) is 20.1 Å². The topological polar surface area (TPSA) is 167 Å². The van der Waals surface area contributed by atoms with Crippen molar-refractivity contribution in [1.82, 2.24) is 0 Å². The van der Waals surface area contributed by atoms with E-state index in [0.29, 0.717) is 0 Å². The molecule has 0 unspecified atom stereocenters. The summed E-state index contributed by atoms with van der Waals surface area (Å²) in [5.74, 6) is 0. The number of aliphatic hydroxyl groups is 3. The Morgan fingerprint density at radius 2 is 1.75 bits per heavy atom. The largest absolute Gasteiger partial charge is 0.388 e. The summed E-state index contributed by atoms with van der Waals surface area (Å²) in [6.45, 7) is -0.237. The summed E-state index contributed by atoms with van der Waals surface area (Å²) in [6, 6.07) is 0. The molecule has 16 heavy (non-hydrogen) atoms. The van der Waals surface area contributed by atoms with E-state index in [-0.39, 0.29) is 6.54 Å². The van der Waals surface area contributed by atoms with E-state index in [9.17, 15) is 15.3 Å². The Morgan fingerprint density at radius 1 is 1.06 bits per heavy atom. The summed E-state index contributed by atoms with van der Waals surface area (Å²) in [4.78, 5) is 4.89. The first kappa shape index (κ1) is 12.5. The van der Waals surface area contributed by atoms with Crippen molar-refractivity contribution in [1.29, 1.82) is 0 Å². The fraction of sp³-hybridized carbons (Fsp3) is 1.00. The lowest BCUT2D eigenvalue weighted by Crippen LogP contribution is -2.57. The molecule has 3 N–H and O–H groups in total. The maximum absolute atomic E-state index is 9.47. The number of azide groups is 2. The van der Waals surface area contributed by atoms with E-state index in [4.69, 9.17) is 15.8 Å². The van der Waals surface area contributed by atoms with E-state index in [1.54, 1.807) is 0 Å². The summed E-state index contributed by atoms with van der Waals surface area (Å²) < 4.78 is 4.98. The normalized spacial score (nSPS) is 38.3. The molecule has 0 saturated carbocycles. The molecule has 1 aliphatic rings. The van der Waals surface area contributed by atoms with Crippen LogP contribution in [0.2, 0.25) is 0 Å². The fourth-order valence-electron chi connectivity index (χ4n) is 1.35. The van der Waals surface area contributed by atoms with Gasteiger partial charge in [-0.2, -0.15) is 0 Å². The van der Waals surface area contributed by atoms with Gasteiger partial charge < -0.3 is 20.1 Å². The van der Waals surface area contributed by atoms with Gasteiger partial charge in [-0.05, 0) is 11.1 Å². The van der Waals surface area contributed by atoms with Crippen molar-refractivity contribution in [3.05, 3.63) is 20.9 Å². The summed E-state index contributed by atoms with van der Waals surface area (Å²) in [5.41, 5.74) is 16.3. The highest BCUT2D eigenvalue weighted by atomic mass is 16.5. The van der Waals surface area contributed by atoms with Crippen LogP contribution in [0.4, 0.5) is 0 Å². The van der Waals surface area contributed by atoms with Crippen molar-refractivity contribution >= 4 is 0 Å².